The van der Waals surface area contributed by atoms with E-state index in [4.69, 9.17) is 0 Å². The van der Waals surface area contributed by atoms with Gasteiger partial charge in [-0.2, -0.15) is 5.10 Å². The normalized spacial score (nSPS) is 17.8. The number of non-ortho nitro benzene ring substituents is 1. The molecule has 0 aromatic heterocycles. The number of rotatable bonds is 6. The van der Waals surface area contributed by atoms with Gasteiger partial charge in [-0.3, -0.25) is 19.7 Å². The highest BCUT2D eigenvalue weighted by atomic mass is 32.2. The highest BCUT2D eigenvalue weighted by Crippen LogP contribution is 2.24. The lowest BCUT2D eigenvalue weighted by molar-refractivity contribution is -0.384. The number of amides is 1. The predicted molar refractivity (Wildman–Crippen MR) is 108 cm³/mol. The molecule has 1 unspecified atom stereocenters. The molecule has 3 rings (SSSR count). The molecular formula is C19H16N4O4S. The van der Waals surface area contributed by atoms with Gasteiger partial charge in [-0.05, 0) is 6.92 Å². The van der Waals surface area contributed by atoms with Gasteiger partial charge in [-0.15, -0.1) is 5.10 Å². The second-order valence-corrected chi connectivity index (χ2v) is 7.28. The first-order chi connectivity index (χ1) is 13.4. The number of carbonyl (C=O) groups is 2. The number of nitrogens with zero attached hydrogens (tertiary/aromatic N) is 3. The molecule has 8 nitrogen and oxygen atoms in total. The molecule has 1 amide bonds. The average molecular weight is 396 g/mol. The van der Waals surface area contributed by atoms with Gasteiger partial charge in [0.2, 0.25) is 5.91 Å². The second-order valence-electron chi connectivity index (χ2n) is 6.09. The standard InChI is InChI=1S/C19H16N4O4S/c1-12-5-7-14(8-6-12)16(24)10-17-18(25)21-19(28-17)22-20-11-13-3-2-4-15(9-13)23(26)27/h2-9,11,17H,10H2,1H3,(H,21,22,25)/b20-11+. The van der Waals surface area contributed by atoms with Crippen molar-refractivity contribution in [2.75, 3.05) is 0 Å². The molecule has 0 radical (unpaired) electrons. The molecule has 1 atom stereocenters. The summed E-state index contributed by atoms with van der Waals surface area (Å²) in [5.41, 5.74) is 2.09. The molecule has 1 aliphatic heterocycles. The fourth-order valence-corrected chi connectivity index (χ4v) is 3.40. The number of aryl methyl sites for hydroxylation is 1. The van der Waals surface area contributed by atoms with Crippen molar-refractivity contribution in [2.24, 2.45) is 10.2 Å². The Kier molecular flexibility index (Phi) is 5.95. The molecule has 1 aliphatic rings. The molecule has 0 saturated carbocycles. The van der Waals surface area contributed by atoms with Crippen molar-refractivity contribution < 1.29 is 14.5 Å². The summed E-state index contributed by atoms with van der Waals surface area (Å²) in [5.74, 6) is -0.413. The maximum atomic E-state index is 12.3. The SMILES string of the molecule is Cc1ccc(C(=O)CC2S/C(=N/N=C/c3cccc([N+](=O)[O-])c3)NC2=O)cc1. The van der Waals surface area contributed by atoms with Crippen molar-refractivity contribution in [3.63, 3.8) is 0 Å². The fourth-order valence-electron chi connectivity index (χ4n) is 2.48. The van der Waals surface area contributed by atoms with Crippen molar-refractivity contribution >= 4 is 40.5 Å². The quantitative estimate of drug-likeness (QED) is 0.349. The van der Waals surface area contributed by atoms with Crippen LogP contribution in [-0.4, -0.2) is 33.2 Å². The molecule has 1 fully saturated rings. The molecule has 1 heterocycles. The zero-order valence-corrected chi connectivity index (χ0v) is 15.7. The molecule has 1 saturated heterocycles. The summed E-state index contributed by atoms with van der Waals surface area (Å²) in [6.45, 7) is 1.94. The summed E-state index contributed by atoms with van der Waals surface area (Å²) in [5, 5.41) is 20.9. The van der Waals surface area contributed by atoms with Crippen molar-refractivity contribution in [1.29, 1.82) is 0 Å². The number of hydrogen-bond donors (Lipinski definition) is 1. The van der Waals surface area contributed by atoms with Crippen LogP contribution < -0.4 is 5.32 Å². The van der Waals surface area contributed by atoms with Crippen LogP contribution in [0.25, 0.3) is 0 Å². The molecule has 0 bridgehead atoms. The lowest BCUT2D eigenvalue weighted by Crippen LogP contribution is -2.26. The number of thioether (sulfide) groups is 1. The third-order valence-electron chi connectivity index (χ3n) is 3.96. The number of ketones is 1. The Morgan fingerprint density at radius 2 is 2.04 bits per heavy atom. The Morgan fingerprint density at radius 1 is 1.29 bits per heavy atom. The molecule has 2 aromatic rings. The van der Waals surface area contributed by atoms with Gasteiger partial charge in [-0.1, -0.05) is 53.7 Å². The third kappa shape index (κ3) is 4.89. The maximum Gasteiger partial charge on any atom is 0.270 e. The van der Waals surface area contributed by atoms with Gasteiger partial charge < -0.3 is 5.32 Å². The lowest BCUT2D eigenvalue weighted by Gasteiger charge is -2.04. The zero-order valence-electron chi connectivity index (χ0n) is 14.9. The summed E-state index contributed by atoms with van der Waals surface area (Å²) >= 11 is 1.13. The van der Waals surface area contributed by atoms with Crippen LogP contribution >= 0.6 is 11.8 Å². The van der Waals surface area contributed by atoms with Crippen LogP contribution in [0.15, 0.2) is 58.7 Å². The molecule has 0 spiro atoms. The van der Waals surface area contributed by atoms with E-state index < -0.39 is 10.2 Å². The summed E-state index contributed by atoms with van der Waals surface area (Å²) < 4.78 is 0. The van der Waals surface area contributed by atoms with E-state index in [9.17, 15) is 19.7 Å². The van der Waals surface area contributed by atoms with Gasteiger partial charge in [0, 0.05) is 29.7 Å². The van der Waals surface area contributed by atoms with Crippen molar-refractivity contribution in [1.82, 2.24) is 5.32 Å². The smallest absolute Gasteiger partial charge is 0.270 e. The molecular weight excluding hydrogens is 380 g/mol. The Bertz CT molecular complexity index is 986. The van der Waals surface area contributed by atoms with E-state index in [1.165, 1.54) is 18.3 Å². The van der Waals surface area contributed by atoms with E-state index in [2.05, 4.69) is 15.5 Å². The Hall–Kier alpha value is -3.33. The maximum absolute atomic E-state index is 12.3. The van der Waals surface area contributed by atoms with Gasteiger partial charge in [-0.25, -0.2) is 0 Å². The largest absolute Gasteiger partial charge is 0.303 e. The number of carbonyl (C=O) groups excluding carboxylic acids is 2. The van der Waals surface area contributed by atoms with Crippen molar-refractivity contribution in [2.45, 2.75) is 18.6 Å². The van der Waals surface area contributed by atoms with Crippen LogP contribution in [0.5, 0.6) is 0 Å². The number of Topliss-reactive ketones (excluding diaryl/α,β-unsaturated/α-hetero) is 1. The predicted octanol–water partition coefficient (Wildman–Crippen LogP) is 3.10. The van der Waals surface area contributed by atoms with E-state index in [0.717, 1.165) is 17.3 Å². The van der Waals surface area contributed by atoms with Gasteiger partial charge in [0.1, 0.15) is 0 Å². The number of benzene rings is 2. The molecule has 2 aromatic carbocycles. The first-order valence-corrected chi connectivity index (χ1v) is 9.23. The van der Waals surface area contributed by atoms with Crippen LogP contribution in [0.2, 0.25) is 0 Å². The van der Waals surface area contributed by atoms with E-state index in [1.807, 2.05) is 19.1 Å². The van der Waals surface area contributed by atoms with E-state index in [-0.39, 0.29) is 29.0 Å². The zero-order chi connectivity index (χ0) is 20.1. The molecule has 1 N–H and O–H groups in total. The Morgan fingerprint density at radius 3 is 2.75 bits per heavy atom. The van der Waals surface area contributed by atoms with Crippen LogP contribution in [0, 0.1) is 17.0 Å². The third-order valence-corrected chi connectivity index (χ3v) is 5.03. The van der Waals surface area contributed by atoms with Crippen LogP contribution in [0.1, 0.15) is 27.9 Å². The first kappa shape index (κ1) is 19.4. The van der Waals surface area contributed by atoms with Crippen molar-refractivity contribution in [3.05, 3.63) is 75.3 Å². The molecule has 0 aliphatic carbocycles. The fraction of sp³-hybridized carbons (Fsp3) is 0.158. The van der Waals surface area contributed by atoms with Crippen molar-refractivity contribution in [3.8, 4) is 0 Å². The Balaban J connectivity index is 1.62. The average Bonchev–Trinajstić information content (AvgIpc) is 3.01. The Labute approximate surface area is 164 Å². The molecule has 142 valence electrons. The van der Waals surface area contributed by atoms with Gasteiger partial charge in [0.15, 0.2) is 11.0 Å². The first-order valence-electron chi connectivity index (χ1n) is 8.35. The molecule has 9 heteroatoms. The lowest BCUT2D eigenvalue weighted by atomic mass is 10.0. The number of nitro benzene ring substituents is 1. The number of nitro groups is 1. The number of amidine groups is 1. The monoisotopic (exact) mass is 396 g/mol. The summed E-state index contributed by atoms with van der Waals surface area (Å²) in [7, 11) is 0. The minimum Gasteiger partial charge on any atom is -0.303 e. The summed E-state index contributed by atoms with van der Waals surface area (Å²) in [6, 6.07) is 13.1. The van der Waals surface area contributed by atoms with Crippen LogP contribution in [-0.2, 0) is 4.79 Å². The molecule has 28 heavy (non-hydrogen) atoms. The van der Waals surface area contributed by atoms with E-state index in [1.54, 1.807) is 24.3 Å². The van der Waals surface area contributed by atoms with E-state index in [0.29, 0.717) is 11.1 Å². The van der Waals surface area contributed by atoms with Gasteiger partial charge >= 0.3 is 0 Å². The van der Waals surface area contributed by atoms with Gasteiger partial charge in [0.05, 0.1) is 16.4 Å². The second kappa shape index (κ2) is 8.57. The highest BCUT2D eigenvalue weighted by Gasteiger charge is 2.32. The highest BCUT2D eigenvalue weighted by molar-refractivity contribution is 8.15. The minimum absolute atomic E-state index is 0.0465. The van der Waals surface area contributed by atoms with Gasteiger partial charge in [0.25, 0.3) is 5.69 Å². The topological polar surface area (TPSA) is 114 Å². The van der Waals surface area contributed by atoms with E-state index >= 15 is 0 Å². The summed E-state index contributed by atoms with van der Waals surface area (Å²) in [6.07, 6.45) is 1.42. The van der Waals surface area contributed by atoms with Crippen LogP contribution in [0.3, 0.4) is 0 Å². The number of hydrogen-bond acceptors (Lipinski definition) is 7. The number of nitrogens with one attached hydrogen (secondary N) is 1. The van der Waals surface area contributed by atoms with Crippen LogP contribution in [0.4, 0.5) is 5.69 Å². The summed E-state index contributed by atoms with van der Waals surface area (Å²) in [4.78, 5) is 34.7. The minimum atomic E-state index is -0.569.